The van der Waals surface area contributed by atoms with Gasteiger partial charge in [-0.2, -0.15) is 0 Å². The van der Waals surface area contributed by atoms with Gasteiger partial charge in [-0.25, -0.2) is 0 Å². The maximum Gasteiger partial charge on any atom is 0.306 e. The lowest BCUT2D eigenvalue weighted by Crippen LogP contribution is -2.37. The number of carbonyl (C=O) groups is 2. The van der Waals surface area contributed by atoms with E-state index >= 15 is 0 Å². The highest BCUT2D eigenvalue weighted by atomic mass is 31.2. The molecule has 0 saturated carbocycles. The Kier molecular flexibility index (Phi) is 74.1. The minimum Gasteiger partial charge on any atom is -0.756 e. The van der Waals surface area contributed by atoms with Crippen LogP contribution in [0, 0.1) is 0 Å². The molecule has 2 atom stereocenters. The molecule has 0 amide bonds. The zero-order valence-electron chi connectivity index (χ0n) is 64.1. The van der Waals surface area contributed by atoms with Gasteiger partial charge in [0.05, 0.1) is 27.7 Å². The summed E-state index contributed by atoms with van der Waals surface area (Å²) in [4.78, 5) is 38.2. The number of esters is 2. The number of carbonyl (C=O) groups excluding carboxylic acids is 2. The fraction of sp³-hybridized carbons (Fsp3) is 0.814. The summed E-state index contributed by atoms with van der Waals surface area (Å²) in [5, 5.41) is 0. The normalized spacial score (nSPS) is 13.4. The highest BCUT2D eigenvalue weighted by Gasteiger charge is 2.22. The molecule has 0 radical (unpaired) electrons. The van der Waals surface area contributed by atoms with Crippen molar-refractivity contribution >= 4 is 19.8 Å². The predicted molar refractivity (Wildman–Crippen MR) is 416 cm³/mol. The van der Waals surface area contributed by atoms with E-state index in [1.54, 1.807) is 0 Å². The number of quaternary nitrogens is 1. The maximum absolute atomic E-state index is 12.9. The van der Waals surface area contributed by atoms with Crippen molar-refractivity contribution < 1.29 is 42.1 Å². The second-order valence-electron chi connectivity index (χ2n) is 29.1. The number of hydrogen-bond donors (Lipinski definition) is 0. The SMILES string of the molecule is CC/C=C\C/C=C\C/C=C\C/C=C\C/C=C\C/C=C\CCCCCCCCCCCCCCCCCCCCC(=O)OC(COC(=O)CCCCCCCCCCCCCCCCCCCCCCCCC/C=C\CCCCCCCCCC)COP(=O)([O-])OCC[N+](C)(C)C. The molecular formula is C86H158NO8P. The standard InChI is InChI=1S/C86H158NO8P/c1-6-8-10-12-14-16-18-20-22-24-26-28-30-32-34-36-38-40-42-43-45-47-49-51-53-55-57-59-61-63-65-67-69-71-73-75-77-79-86(89)95-84(83-94-96(90,91)93-81-80-87(3,4)5)82-92-85(88)78-76-74-72-70-68-66-64-62-60-58-56-54-52-50-48-46-44-41-39-37-35-33-31-29-27-25-23-21-19-17-15-13-11-9-7-2/h8,10,14,16,20,22,25-28,32,34,38,40,84H,6-7,9,11-13,15,17-19,21,23-24,29-31,33,35-37,39,41-83H2,1-5H3/b10-8-,16-14-,22-20-,27-25-,28-26-,34-32-,40-38-. The Labute approximate surface area is 596 Å². The number of unbranched alkanes of at least 4 members (excludes halogenated alkanes) is 49. The molecule has 10 heteroatoms. The molecule has 2 unspecified atom stereocenters. The number of rotatable bonds is 77. The molecule has 0 aliphatic heterocycles. The van der Waals surface area contributed by atoms with Crippen molar-refractivity contribution in [3.8, 4) is 0 Å². The number of phosphoric acid groups is 1. The van der Waals surface area contributed by atoms with Crippen molar-refractivity contribution in [2.24, 2.45) is 0 Å². The van der Waals surface area contributed by atoms with Crippen LogP contribution in [-0.4, -0.2) is 70.0 Å². The Balaban J connectivity index is 3.92. The van der Waals surface area contributed by atoms with Crippen LogP contribution in [0.4, 0.5) is 0 Å². The Morgan fingerprint density at radius 3 is 0.896 bits per heavy atom. The first-order valence-corrected chi connectivity index (χ1v) is 42.8. The van der Waals surface area contributed by atoms with Crippen LogP contribution in [0.15, 0.2) is 85.1 Å². The van der Waals surface area contributed by atoms with E-state index in [1.807, 2.05) is 21.1 Å². The van der Waals surface area contributed by atoms with E-state index in [0.29, 0.717) is 17.4 Å². The van der Waals surface area contributed by atoms with Gasteiger partial charge >= 0.3 is 11.9 Å². The predicted octanol–water partition coefficient (Wildman–Crippen LogP) is 27.0. The zero-order valence-corrected chi connectivity index (χ0v) is 65.0. The third kappa shape index (κ3) is 80.2. The van der Waals surface area contributed by atoms with Crippen molar-refractivity contribution in [1.29, 1.82) is 0 Å². The van der Waals surface area contributed by atoms with Gasteiger partial charge in [-0.1, -0.05) is 381 Å². The Morgan fingerprint density at radius 1 is 0.333 bits per heavy atom. The molecule has 0 bridgehead atoms. The second-order valence-corrected chi connectivity index (χ2v) is 30.5. The summed E-state index contributed by atoms with van der Waals surface area (Å²) in [7, 11) is 1.18. The van der Waals surface area contributed by atoms with Gasteiger partial charge in [0.15, 0.2) is 6.10 Å². The van der Waals surface area contributed by atoms with Crippen LogP contribution >= 0.6 is 7.82 Å². The molecule has 0 rings (SSSR count). The summed E-state index contributed by atoms with van der Waals surface area (Å²) in [5.41, 5.74) is 0. The summed E-state index contributed by atoms with van der Waals surface area (Å²) >= 11 is 0. The van der Waals surface area contributed by atoms with Gasteiger partial charge < -0.3 is 27.9 Å². The van der Waals surface area contributed by atoms with Gasteiger partial charge in [0.1, 0.15) is 19.8 Å². The third-order valence-electron chi connectivity index (χ3n) is 18.4. The van der Waals surface area contributed by atoms with Crippen LogP contribution in [0.1, 0.15) is 399 Å². The lowest BCUT2D eigenvalue weighted by molar-refractivity contribution is -0.870. The van der Waals surface area contributed by atoms with Crippen LogP contribution in [0.3, 0.4) is 0 Å². The van der Waals surface area contributed by atoms with Crippen molar-refractivity contribution in [2.75, 3.05) is 47.5 Å². The van der Waals surface area contributed by atoms with Gasteiger partial charge in [0.25, 0.3) is 7.82 Å². The first kappa shape index (κ1) is 93.2. The Hall–Kier alpha value is -2.81. The van der Waals surface area contributed by atoms with Crippen LogP contribution in [0.5, 0.6) is 0 Å². The molecule has 9 nitrogen and oxygen atoms in total. The average Bonchev–Trinajstić information content (AvgIpc) is 2.72. The highest BCUT2D eigenvalue weighted by Crippen LogP contribution is 2.38. The quantitative estimate of drug-likeness (QED) is 0.0195. The zero-order chi connectivity index (χ0) is 69.7. The fourth-order valence-electron chi connectivity index (χ4n) is 12.1. The smallest absolute Gasteiger partial charge is 0.306 e. The molecule has 0 saturated heterocycles. The van der Waals surface area contributed by atoms with E-state index in [4.69, 9.17) is 18.5 Å². The molecule has 0 N–H and O–H groups in total. The topological polar surface area (TPSA) is 111 Å². The van der Waals surface area contributed by atoms with Gasteiger partial charge in [0.2, 0.25) is 0 Å². The van der Waals surface area contributed by atoms with E-state index in [0.717, 1.165) is 77.0 Å². The number of phosphoric ester groups is 1. The molecule has 0 aromatic rings. The molecule has 0 fully saturated rings. The molecular weight excluding hydrogens is 1210 g/mol. The van der Waals surface area contributed by atoms with Crippen molar-refractivity contribution in [2.45, 2.75) is 405 Å². The number of nitrogens with zero attached hydrogens (tertiary/aromatic N) is 1. The first-order valence-electron chi connectivity index (χ1n) is 41.3. The summed E-state index contributed by atoms with van der Waals surface area (Å²) in [6.45, 7) is 4.19. The Bertz CT molecular complexity index is 1900. The summed E-state index contributed by atoms with van der Waals surface area (Å²) in [6.07, 6.45) is 106. The van der Waals surface area contributed by atoms with E-state index in [-0.39, 0.29) is 32.0 Å². The maximum atomic E-state index is 12.9. The molecule has 0 aromatic heterocycles. The summed E-state index contributed by atoms with van der Waals surface area (Å²) in [5.74, 6) is -0.813. The van der Waals surface area contributed by atoms with Gasteiger partial charge in [-0.3, -0.25) is 14.2 Å². The highest BCUT2D eigenvalue weighted by molar-refractivity contribution is 7.45. The monoisotopic (exact) mass is 1360 g/mol. The van der Waals surface area contributed by atoms with Gasteiger partial charge in [-0.05, 0) is 89.9 Å². The number of allylic oxidation sites excluding steroid dienone is 14. The largest absolute Gasteiger partial charge is 0.756 e. The minimum atomic E-state index is -4.65. The van der Waals surface area contributed by atoms with Crippen LogP contribution in [0.25, 0.3) is 0 Å². The van der Waals surface area contributed by atoms with Crippen LogP contribution < -0.4 is 4.89 Å². The molecule has 0 heterocycles. The molecule has 0 aromatic carbocycles. The lowest BCUT2D eigenvalue weighted by atomic mass is 10.0. The van der Waals surface area contributed by atoms with E-state index in [2.05, 4.69) is 98.9 Å². The summed E-state index contributed by atoms with van der Waals surface area (Å²) in [6, 6.07) is 0. The minimum absolute atomic E-state index is 0.0300. The molecule has 0 aliphatic carbocycles. The molecule has 560 valence electrons. The van der Waals surface area contributed by atoms with Crippen molar-refractivity contribution in [1.82, 2.24) is 0 Å². The van der Waals surface area contributed by atoms with E-state index in [1.165, 1.54) is 289 Å². The second kappa shape index (κ2) is 76.4. The lowest BCUT2D eigenvalue weighted by Gasteiger charge is -2.28. The van der Waals surface area contributed by atoms with Gasteiger partial charge in [-0.15, -0.1) is 0 Å². The molecule has 0 aliphatic rings. The first-order chi connectivity index (χ1) is 47.0. The molecule has 0 spiro atoms. The van der Waals surface area contributed by atoms with Crippen molar-refractivity contribution in [3.05, 3.63) is 85.1 Å². The van der Waals surface area contributed by atoms with Crippen LogP contribution in [-0.2, 0) is 32.7 Å². The van der Waals surface area contributed by atoms with Gasteiger partial charge in [0, 0.05) is 12.8 Å². The Morgan fingerprint density at radius 2 is 0.594 bits per heavy atom. The van der Waals surface area contributed by atoms with Crippen LogP contribution in [0.2, 0.25) is 0 Å². The van der Waals surface area contributed by atoms with Crippen molar-refractivity contribution in [3.63, 3.8) is 0 Å². The third-order valence-corrected chi connectivity index (χ3v) is 19.4. The fourth-order valence-corrected chi connectivity index (χ4v) is 12.9. The number of likely N-dealkylation sites (N-methyl/N-ethyl adjacent to an activating group) is 1. The number of hydrogen-bond acceptors (Lipinski definition) is 8. The molecule has 96 heavy (non-hydrogen) atoms. The van der Waals surface area contributed by atoms with E-state index in [9.17, 15) is 19.0 Å². The average molecular weight is 1370 g/mol. The van der Waals surface area contributed by atoms with E-state index < -0.39 is 26.5 Å². The number of ether oxygens (including phenoxy) is 2. The summed E-state index contributed by atoms with van der Waals surface area (Å²) < 4.78 is 34.4.